The molecule has 6 saturated heterocycles. The minimum atomic E-state index is 0.315. The molecule has 6 heterocycles. The van der Waals surface area contributed by atoms with Gasteiger partial charge in [-0.15, -0.1) is 0 Å². The summed E-state index contributed by atoms with van der Waals surface area (Å²) in [6.45, 7) is 7.90. The fourth-order valence-corrected chi connectivity index (χ4v) is 15.5. The van der Waals surface area contributed by atoms with Crippen molar-refractivity contribution in [2.75, 3.05) is 22.9 Å². The lowest BCUT2D eigenvalue weighted by molar-refractivity contribution is -0.146. The smallest absolute Gasteiger partial charge is 0.0647 e. The summed E-state index contributed by atoms with van der Waals surface area (Å²) in [7, 11) is 0. The summed E-state index contributed by atoms with van der Waals surface area (Å²) in [5.41, 5.74) is 3.35. The molecule has 6 aliphatic heterocycles. The molecule has 256 valence electrons. The predicted molar refractivity (Wildman–Crippen MR) is 195 cm³/mol. The van der Waals surface area contributed by atoms with Crippen LogP contribution in [0.15, 0.2) is 60.7 Å². The summed E-state index contributed by atoms with van der Waals surface area (Å²) in [6.07, 6.45) is 16.7. The van der Waals surface area contributed by atoms with E-state index in [1.807, 2.05) is 0 Å². The maximum atomic E-state index is 4.17. The summed E-state index contributed by atoms with van der Waals surface area (Å²) in [4.78, 5) is 9.27. The second kappa shape index (κ2) is 11.0. The highest BCUT2D eigenvalue weighted by molar-refractivity contribution is 5.55. The average Bonchev–Trinajstić information content (AvgIpc) is 3.75. The van der Waals surface area contributed by atoms with Crippen LogP contribution in [0.3, 0.4) is 0 Å². The molecule has 5 nitrogen and oxygen atoms in total. The van der Waals surface area contributed by atoms with Gasteiger partial charge in [-0.1, -0.05) is 63.1 Å². The molecule has 2 aromatic rings. The molecule has 3 aliphatic carbocycles. The number of nitrogens with one attached hydrogen (secondary N) is 2. The maximum absolute atomic E-state index is 4.17. The summed E-state index contributed by atoms with van der Waals surface area (Å²) in [6, 6.07) is 27.0. The van der Waals surface area contributed by atoms with Gasteiger partial charge in [0.2, 0.25) is 0 Å². The monoisotopic (exact) mass is 645 g/mol. The Hall–Kier alpha value is -2.08. The maximum Gasteiger partial charge on any atom is 0.0647 e. The van der Waals surface area contributed by atoms with Crippen molar-refractivity contribution in [2.24, 2.45) is 52.8 Å². The highest BCUT2D eigenvalue weighted by atomic mass is 15.4. The number of rotatable bonds is 2. The highest BCUT2D eigenvalue weighted by Gasteiger charge is 2.71. The van der Waals surface area contributed by atoms with Crippen LogP contribution in [0.5, 0.6) is 0 Å². The summed E-state index contributed by atoms with van der Waals surface area (Å²) in [5.74, 6) is 6.52. The van der Waals surface area contributed by atoms with E-state index in [-0.39, 0.29) is 0 Å². The SMILES string of the molecule is CC1(C)C2CCCNC2N2C3NCCCC3C3CC4C5CC6C7CCCCC7N(c7ccccc7)C6CC5N(c5ccccc5)C4C1C32. The number of hydrogen-bond acceptors (Lipinski definition) is 5. The van der Waals surface area contributed by atoms with Crippen molar-refractivity contribution in [3.05, 3.63) is 60.7 Å². The Kier molecular flexibility index (Phi) is 6.77. The van der Waals surface area contributed by atoms with Gasteiger partial charge in [0, 0.05) is 47.5 Å². The van der Waals surface area contributed by atoms with E-state index in [9.17, 15) is 0 Å². The van der Waals surface area contributed by atoms with Crippen molar-refractivity contribution in [1.29, 1.82) is 0 Å². The van der Waals surface area contributed by atoms with Crippen LogP contribution in [0.4, 0.5) is 11.4 Å². The van der Waals surface area contributed by atoms with Crippen molar-refractivity contribution in [3.63, 3.8) is 0 Å². The normalized spacial score (nSPS) is 48.4. The van der Waals surface area contributed by atoms with Gasteiger partial charge in [0.05, 0.1) is 12.3 Å². The van der Waals surface area contributed by atoms with Crippen molar-refractivity contribution in [1.82, 2.24) is 15.5 Å². The topological polar surface area (TPSA) is 33.8 Å². The van der Waals surface area contributed by atoms with Crippen molar-refractivity contribution in [2.45, 2.75) is 127 Å². The van der Waals surface area contributed by atoms with E-state index in [1.54, 1.807) is 0 Å². The Morgan fingerprint density at radius 3 is 1.94 bits per heavy atom. The molecule has 15 atom stereocenters. The quantitative estimate of drug-likeness (QED) is 0.357. The van der Waals surface area contributed by atoms with E-state index in [2.05, 4.69) is 99.8 Å². The number of piperidine rings is 3. The lowest BCUT2D eigenvalue weighted by Gasteiger charge is -2.64. The van der Waals surface area contributed by atoms with Crippen molar-refractivity contribution < 1.29 is 0 Å². The first kappa shape index (κ1) is 29.6. The lowest BCUT2D eigenvalue weighted by Crippen LogP contribution is -2.73. The molecule has 3 saturated carbocycles. The van der Waals surface area contributed by atoms with E-state index < -0.39 is 0 Å². The molecule has 15 unspecified atom stereocenters. The minimum Gasteiger partial charge on any atom is -0.365 e. The summed E-state index contributed by atoms with van der Waals surface area (Å²) >= 11 is 0. The predicted octanol–water partition coefficient (Wildman–Crippen LogP) is 7.35. The fraction of sp³-hybridized carbons (Fsp3) is 0.721. The number of hydrogen-bond donors (Lipinski definition) is 2. The van der Waals surface area contributed by atoms with E-state index >= 15 is 0 Å². The highest BCUT2D eigenvalue weighted by Crippen LogP contribution is 2.67. The Bertz CT molecular complexity index is 1500. The molecule has 2 N–H and O–H groups in total. The van der Waals surface area contributed by atoms with Crippen molar-refractivity contribution >= 4 is 11.4 Å². The van der Waals surface area contributed by atoms with Crippen LogP contribution in [-0.2, 0) is 0 Å². The number of benzene rings is 2. The molecule has 0 aromatic heterocycles. The Balaban J connectivity index is 1.05. The van der Waals surface area contributed by atoms with E-state index in [4.69, 9.17) is 0 Å². The molecule has 0 spiro atoms. The van der Waals surface area contributed by atoms with E-state index in [0.29, 0.717) is 47.8 Å². The first-order valence-electron chi connectivity index (χ1n) is 20.5. The third kappa shape index (κ3) is 3.96. The molecule has 9 fully saturated rings. The molecule has 11 rings (SSSR count). The first-order chi connectivity index (χ1) is 23.6. The average molecular weight is 646 g/mol. The Labute approximate surface area is 289 Å². The van der Waals surface area contributed by atoms with Gasteiger partial charge in [-0.25, -0.2) is 0 Å². The summed E-state index contributed by atoms with van der Waals surface area (Å²) in [5, 5.41) is 8.33. The largest absolute Gasteiger partial charge is 0.365 e. The molecular weight excluding hydrogens is 587 g/mol. The van der Waals surface area contributed by atoms with Crippen LogP contribution in [0.1, 0.15) is 84.5 Å². The lowest BCUT2D eigenvalue weighted by atomic mass is 9.51. The Morgan fingerprint density at radius 1 is 0.542 bits per heavy atom. The van der Waals surface area contributed by atoms with Crippen LogP contribution in [0, 0.1) is 52.8 Å². The van der Waals surface area contributed by atoms with E-state index in [1.165, 1.54) is 95.1 Å². The minimum absolute atomic E-state index is 0.315. The fourth-order valence-electron chi connectivity index (χ4n) is 15.5. The number of nitrogens with zero attached hydrogens (tertiary/aromatic N) is 3. The van der Waals surface area contributed by atoms with Gasteiger partial charge in [0.15, 0.2) is 0 Å². The molecule has 0 bridgehead atoms. The van der Waals surface area contributed by atoms with Gasteiger partial charge in [-0.3, -0.25) is 4.90 Å². The van der Waals surface area contributed by atoms with Crippen LogP contribution >= 0.6 is 0 Å². The zero-order chi connectivity index (χ0) is 31.7. The van der Waals surface area contributed by atoms with Gasteiger partial charge in [0.25, 0.3) is 0 Å². The molecule has 0 amide bonds. The van der Waals surface area contributed by atoms with Crippen LogP contribution < -0.4 is 20.4 Å². The molecular formula is C43H59N5. The molecule has 0 radical (unpaired) electrons. The summed E-state index contributed by atoms with van der Waals surface area (Å²) < 4.78 is 0. The Morgan fingerprint density at radius 2 is 1.15 bits per heavy atom. The van der Waals surface area contributed by atoms with E-state index in [0.717, 1.165) is 47.5 Å². The molecule has 2 aromatic carbocycles. The molecule has 9 aliphatic rings. The third-order valence-electron chi connectivity index (χ3n) is 16.8. The molecule has 5 heteroatoms. The van der Waals surface area contributed by atoms with Gasteiger partial charge in [-0.05, 0) is 142 Å². The van der Waals surface area contributed by atoms with Crippen LogP contribution in [-0.4, -0.2) is 60.5 Å². The number of fused-ring (bicyclic) bond motifs is 12. The van der Waals surface area contributed by atoms with Crippen molar-refractivity contribution in [3.8, 4) is 0 Å². The van der Waals surface area contributed by atoms with Gasteiger partial charge in [-0.2, -0.15) is 0 Å². The number of para-hydroxylation sites is 2. The standard InChI is InChI=1S/C43H59N5/c1-43(2)34-19-12-22-45-42(34)48-40-32(29-18-11-21-44-41(29)48)24-33-31-23-30-28-17-9-10-20-35(28)46(26-13-5-3-6-14-26)36(30)25-37(31)47(39(33)38(40)43)27-15-7-4-8-16-27/h3-8,13-16,28-42,44-45H,9-12,17-25H2,1-2H3. The van der Waals surface area contributed by atoms with Crippen LogP contribution in [0.25, 0.3) is 0 Å². The van der Waals surface area contributed by atoms with Gasteiger partial charge in [0.1, 0.15) is 0 Å². The van der Waals surface area contributed by atoms with Gasteiger partial charge >= 0.3 is 0 Å². The first-order valence-corrected chi connectivity index (χ1v) is 20.5. The second-order valence-corrected chi connectivity index (χ2v) is 18.6. The third-order valence-corrected chi connectivity index (χ3v) is 16.8. The van der Waals surface area contributed by atoms with Gasteiger partial charge < -0.3 is 20.4 Å². The zero-order valence-electron chi connectivity index (χ0n) is 29.5. The zero-order valence-corrected chi connectivity index (χ0v) is 29.5. The molecule has 48 heavy (non-hydrogen) atoms. The van der Waals surface area contributed by atoms with Crippen LogP contribution in [0.2, 0.25) is 0 Å². The second-order valence-electron chi connectivity index (χ2n) is 18.6. The number of anilines is 2.